The number of nitrogens with zero attached hydrogens (tertiary/aromatic N) is 1. The Hall–Kier alpha value is -2.42. The number of fused-ring (bicyclic) bond motifs is 1. The first-order valence-electron chi connectivity index (χ1n) is 7.43. The quantitative estimate of drug-likeness (QED) is 0.688. The molecule has 0 bridgehead atoms. The molecule has 3 heteroatoms. The van der Waals surface area contributed by atoms with E-state index in [0.29, 0.717) is 6.61 Å². The van der Waals surface area contributed by atoms with Crippen molar-refractivity contribution in [1.82, 2.24) is 4.98 Å². The van der Waals surface area contributed by atoms with Gasteiger partial charge in [-0.15, -0.1) is 0 Å². The molecule has 3 aromatic rings. The highest BCUT2D eigenvalue weighted by atomic mass is 19.1. The number of aromatic nitrogens is 1. The second kappa shape index (κ2) is 6.14. The summed E-state index contributed by atoms with van der Waals surface area (Å²) in [5, 5.41) is 1.11. The molecule has 0 amide bonds. The van der Waals surface area contributed by atoms with Gasteiger partial charge in [-0.1, -0.05) is 19.1 Å². The molecule has 0 atom stereocenters. The van der Waals surface area contributed by atoms with Crippen LogP contribution >= 0.6 is 0 Å². The topological polar surface area (TPSA) is 22.1 Å². The fourth-order valence-corrected chi connectivity index (χ4v) is 2.53. The molecule has 0 spiro atoms. The lowest BCUT2D eigenvalue weighted by molar-refractivity contribution is 0.306. The highest BCUT2D eigenvalue weighted by Gasteiger charge is 2.04. The maximum absolute atomic E-state index is 13.2. The fourth-order valence-electron chi connectivity index (χ4n) is 2.53. The Morgan fingerprint density at radius 2 is 1.95 bits per heavy atom. The van der Waals surface area contributed by atoms with Crippen LogP contribution in [0.1, 0.15) is 23.7 Å². The standard InChI is InChI=1S/C19H18FNO/c1-3-15-10-16-7-8-18(11-19(16)21-13(15)2)22-12-14-5-4-6-17(20)9-14/h4-11H,3,12H2,1-2H3. The summed E-state index contributed by atoms with van der Waals surface area (Å²) in [6, 6.07) is 14.5. The van der Waals surface area contributed by atoms with Gasteiger partial charge in [-0.05, 0) is 54.8 Å². The van der Waals surface area contributed by atoms with Gasteiger partial charge in [0.2, 0.25) is 0 Å². The summed E-state index contributed by atoms with van der Waals surface area (Å²) >= 11 is 0. The molecule has 0 radical (unpaired) electrons. The molecule has 2 nitrogen and oxygen atoms in total. The molecular weight excluding hydrogens is 277 g/mol. The van der Waals surface area contributed by atoms with Gasteiger partial charge in [0.05, 0.1) is 5.52 Å². The van der Waals surface area contributed by atoms with Gasteiger partial charge in [-0.25, -0.2) is 4.39 Å². The largest absolute Gasteiger partial charge is 0.489 e. The van der Waals surface area contributed by atoms with Crippen LogP contribution in [-0.4, -0.2) is 4.98 Å². The number of benzene rings is 2. The summed E-state index contributed by atoms with van der Waals surface area (Å²) < 4.78 is 18.9. The summed E-state index contributed by atoms with van der Waals surface area (Å²) in [5.41, 5.74) is 4.05. The molecule has 112 valence electrons. The van der Waals surface area contributed by atoms with Crippen LogP contribution in [0.5, 0.6) is 5.75 Å². The third-order valence-electron chi connectivity index (χ3n) is 3.76. The smallest absolute Gasteiger partial charge is 0.123 e. The molecule has 0 unspecified atom stereocenters. The van der Waals surface area contributed by atoms with Crippen molar-refractivity contribution in [3.05, 3.63) is 71.2 Å². The highest BCUT2D eigenvalue weighted by molar-refractivity contribution is 5.81. The lowest BCUT2D eigenvalue weighted by Gasteiger charge is -2.09. The zero-order chi connectivity index (χ0) is 15.5. The third-order valence-corrected chi connectivity index (χ3v) is 3.76. The van der Waals surface area contributed by atoms with Crippen LogP contribution in [0.4, 0.5) is 4.39 Å². The summed E-state index contributed by atoms with van der Waals surface area (Å²) in [6.45, 7) is 4.50. The third kappa shape index (κ3) is 3.08. The minimum atomic E-state index is -0.246. The van der Waals surface area contributed by atoms with Gasteiger partial charge in [0.1, 0.15) is 18.2 Å². The van der Waals surface area contributed by atoms with Crippen molar-refractivity contribution in [3.8, 4) is 5.75 Å². The predicted octanol–water partition coefficient (Wildman–Crippen LogP) is 4.82. The van der Waals surface area contributed by atoms with Crippen molar-refractivity contribution in [2.24, 2.45) is 0 Å². The van der Waals surface area contributed by atoms with Gasteiger partial charge in [0.25, 0.3) is 0 Å². The first kappa shape index (κ1) is 14.5. The zero-order valence-electron chi connectivity index (χ0n) is 12.8. The van der Waals surface area contributed by atoms with Crippen molar-refractivity contribution in [2.45, 2.75) is 26.9 Å². The van der Waals surface area contributed by atoms with Crippen LogP contribution in [-0.2, 0) is 13.0 Å². The van der Waals surface area contributed by atoms with E-state index in [9.17, 15) is 4.39 Å². The maximum Gasteiger partial charge on any atom is 0.123 e. The average molecular weight is 295 g/mol. The van der Waals surface area contributed by atoms with E-state index >= 15 is 0 Å². The van der Waals surface area contributed by atoms with E-state index < -0.39 is 0 Å². The van der Waals surface area contributed by atoms with E-state index in [4.69, 9.17) is 4.74 Å². The Morgan fingerprint density at radius 1 is 1.09 bits per heavy atom. The van der Waals surface area contributed by atoms with Crippen LogP contribution < -0.4 is 4.74 Å². The monoisotopic (exact) mass is 295 g/mol. The maximum atomic E-state index is 13.2. The van der Waals surface area contributed by atoms with Crippen molar-refractivity contribution < 1.29 is 9.13 Å². The van der Waals surface area contributed by atoms with E-state index in [2.05, 4.69) is 18.0 Å². The molecule has 0 fully saturated rings. The Morgan fingerprint density at radius 3 is 2.73 bits per heavy atom. The van der Waals surface area contributed by atoms with Crippen molar-refractivity contribution in [1.29, 1.82) is 0 Å². The molecule has 2 aromatic carbocycles. The van der Waals surface area contributed by atoms with Crippen molar-refractivity contribution in [3.63, 3.8) is 0 Å². The molecule has 1 heterocycles. The summed E-state index contributed by atoms with van der Waals surface area (Å²) in [6.07, 6.45) is 0.979. The van der Waals surface area contributed by atoms with Crippen molar-refractivity contribution >= 4 is 10.9 Å². The van der Waals surface area contributed by atoms with Gasteiger partial charge in [0.15, 0.2) is 0 Å². The molecule has 0 aliphatic rings. The lowest BCUT2D eigenvalue weighted by atomic mass is 10.1. The summed E-state index contributed by atoms with van der Waals surface area (Å²) in [4.78, 5) is 4.64. The lowest BCUT2D eigenvalue weighted by Crippen LogP contribution is -1.97. The van der Waals surface area contributed by atoms with Crippen LogP contribution in [0.2, 0.25) is 0 Å². The Labute approximate surface area is 129 Å². The Balaban J connectivity index is 1.83. The SMILES string of the molecule is CCc1cc2ccc(OCc3cccc(F)c3)cc2nc1C. The van der Waals surface area contributed by atoms with Gasteiger partial charge in [0, 0.05) is 17.1 Å². The minimum absolute atomic E-state index is 0.246. The first-order chi connectivity index (χ1) is 10.7. The fraction of sp³-hybridized carbons (Fsp3) is 0.211. The molecule has 0 saturated carbocycles. The molecule has 0 saturated heterocycles. The molecular formula is C19H18FNO. The van der Waals surface area contributed by atoms with Crippen LogP contribution in [0.3, 0.4) is 0 Å². The average Bonchev–Trinajstić information content (AvgIpc) is 2.52. The van der Waals surface area contributed by atoms with E-state index in [-0.39, 0.29) is 5.82 Å². The first-order valence-corrected chi connectivity index (χ1v) is 7.43. The zero-order valence-corrected chi connectivity index (χ0v) is 12.8. The number of aryl methyl sites for hydroxylation is 2. The number of rotatable bonds is 4. The van der Waals surface area contributed by atoms with E-state index in [1.807, 2.05) is 31.2 Å². The van der Waals surface area contributed by atoms with Crippen LogP contribution in [0.25, 0.3) is 10.9 Å². The van der Waals surface area contributed by atoms with Crippen molar-refractivity contribution in [2.75, 3.05) is 0 Å². The Kier molecular flexibility index (Phi) is 4.05. The number of ether oxygens (including phenoxy) is 1. The number of pyridine rings is 1. The second-order valence-corrected chi connectivity index (χ2v) is 5.36. The molecule has 22 heavy (non-hydrogen) atoms. The number of hydrogen-bond donors (Lipinski definition) is 0. The molecule has 3 rings (SSSR count). The van der Waals surface area contributed by atoms with Gasteiger partial charge in [-0.3, -0.25) is 4.98 Å². The molecule has 0 N–H and O–H groups in total. The molecule has 1 aromatic heterocycles. The summed E-state index contributed by atoms with van der Waals surface area (Å²) in [5.74, 6) is 0.497. The normalized spacial score (nSPS) is 10.9. The van der Waals surface area contributed by atoms with Gasteiger partial charge in [-0.2, -0.15) is 0 Å². The van der Waals surface area contributed by atoms with E-state index in [1.165, 1.54) is 17.7 Å². The highest BCUT2D eigenvalue weighted by Crippen LogP contribution is 2.23. The molecule has 0 aliphatic carbocycles. The van der Waals surface area contributed by atoms with E-state index in [1.54, 1.807) is 6.07 Å². The Bertz CT molecular complexity index is 814. The summed E-state index contributed by atoms with van der Waals surface area (Å²) in [7, 11) is 0. The molecule has 0 aliphatic heterocycles. The number of hydrogen-bond acceptors (Lipinski definition) is 2. The second-order valence-electron chi connectivity index (χ2n) is 5.36. The van der Waals surface area contributed by atoms with Gasteiger partial charge >= 0.3 is 0 Å². The minimum Gasteiger partial charge on any atom is -0.489 e. The number of halogens is 1. The predicted molar refractivity (Wildman–Crippen MR) is 86.6 cm³/mol. The van der Waals surface area contributed by atoms with Crippen LogP contribution in [0, 0.1) is 12.7 Å². The van der Waals surface area contributed by atoms with Gasteiger partial charge < -0.3 is 4.74 Å². The van der Waals surface area contributed by atoms with E-state index in [0.717, 1.165) is 34.3 Å². The van der Waals surface area contributed by atoms with Crippen LogP contribution in [0.15, 0.2) is 48.5 Å².